The number of carbonyl (C=O) groups excluding carboxylic acids is 1. The van der Waals surface area contributed by atoms with Gasteiger partial charge in [-0.2, -0.15) is 9.45 Å². The standard InChI is InChI=1S/C18H22FN5O2/c1-18(2,3)26-24-9-7-23(8-10-24)15-12-20-11-14(22-15)16(25)13-5-4-6-21-17(13)19/h4-6,11-12H,7-10H2,1-3H3. The maximum Gasteiger partial charge on any atom is 0.224 e. The Morgan fingerprint density at radius 3 is 2.58 bits per heavy atom. The summed E-state index contributed by atoms with van der Waals surface area (Å²) in [6.45, 7) is 8.86. The van der Waals surface area contributed by atoms with E-state index >= 15 is 0 Å². The molecular weight excluding hydrogens is 337 g/mol. The number of ketones is 1. The molecular formula is C18H22FN5O2. The van der Waals surface area contributed by atoms with E-state index in [0.29, 0.717) is 32.0 Å². The van der Waals surface area contributed by atoms with Gasteiger partial charge in [0.25, 0.3) is 0 Å². The molecule has 0 unspecified atom stereocenters. The molecule has 3 heterocycles. The molecule has 0 spiro atoms. The van der Waals surface area contributed by atoms with E-state index in [-0.39, 0.29) is 16.9 Å². The fraction of sp³-hybridized carbons (Fsp3) is 0.444. The second-order valence-electron chi connectivity index (χ2n) is 7.05. The van der Waals surface area contributed by atoms with E-state index in [2.05, 4.69) is 15.0 Å². The highest BCUT2D eigenvalue weighted by Crippen LogP contribution is 2.18. The van der Waals surface area contributed by atoms with E-state index in [1.807, 2.05) is 30.7 Å². The minimum absolute atomic E-state index is 0.0998. The molecule has 0 atom stereocenters. The van der Waals surface area contributed by atoms with Gasteiger partial charge in [-0.05, 0) is 32.9 Å². The zero-order valence-corrected chi connectivity index (χ0v) is 15.1. The van der Waals surface area contributed by atoms with Crippen molar-refractivity contribution < 1.29 is 14.0 Å². The van der Waals surface area contributed by atoms with Crippen LogP contribution in [0.25, 0.3) is 0 Å². The van der Waals surface area contributed by atoms with Gasteiger partial charge in [0.2, 0.25) is 11.7 Å². The molecule has 2 aromatic heterocycles. The number of halogens is 1. The molecule has 138 valence electrons. The van der Waals surface area contributed by atoms with Crippen LogP contribution in [0.15, 0.2) is 30.7 Å². The lowest BCUT2D eigenvalue weighted by Gasteiger charge is -2.37. The summed E-state index contributed by atoms with van der Waals surface area (Å²) in [5.41, 5.74) is -0.243. The number of pyridine rings is 1. The molecule has 0 amide bonds. The van der Waals surface area contributed by atoms with Crippen LogP contribution in [0, 0.1) is 5.95 Å². The van der Waals surface area contributed by atoms with Crippen LogP contribution in [0.1, 0.15) is 36.8 Å². The second-order valence-corrected chi connectivity index (χ2v) is 7.05. The Morgan fingerprint density at radius 1 is 1.19 bits per heavy atom. The van der Waals surface area contributed by atoms with Crippen LogP contribution in [0.4, 0.5) is 10.2 Å². The Morgan fingerprint density at radius 2 is 1.92 bits per heavy atom. The predicted octanol–water partition coefficient (Wildman–Crippen LogP) is 2.09. The third-order valence-electron chi connectivity index (χ3n) is 3.82. The molecule has 2 aromatic rings. The van der Waals surface area contributed by atoms with Crippen molar-refractivity contribution in [1.29, 1.82) is 0 Å². The van der Waals surface area contributed by atoms with E-state index < -0.39 is 11.7 Å². The van der Waals surface area contributed by atoms with Gasteiger partial charge in [0.05, 0.1) is 23.6 Å². The van der Waals surface area contributed by atoms with Crippen molar-refractivity contribution in [3.8, 4) is 0 Å². The molecule has 8 heteroatoms. The van der Waals surface area contributed by atoms with Crippen molar-refractivity contribution in [2.45, 2.75) is 26.4 Å². The maximum absolute atomic E-state index is 13.7. The fourth-order valence-electron chi connectivity index (χ4n) is 2.71. The summed E-state index contributed by atoms with van der Waals surface area (Å²) in [5, 5.41) is 1.93. The SMILES string of the molecule is CC(C)(C)ON1CCN(c2cncc(C(=O)c3cccnc3F)n2)CC1. The molecule has 26 heavy (non-hydrogen) atoms. The number of hydroxylamine groups is 2. The monoisotopic (exact) mass is 359 g/mol. The number of piperazine rings is 1. The van der Waals surface area contributed by atoms with Gasteiger partial charge >= 0.3 is 0 Å². The summed E-state index contributed by atoms with van der Waals surface area (Å²) < 4.78 is 13.7. The molecule has 0 aliphatic carbocycles. The van der Waals surface area contributed by atoms with Gasteiger partial charge in [0.15, 0.2) is 0 Å². The van der Waals surface area contributed by atoms with Crippen LogP contribution in [0.2, 0.25) is 0 Å². The number of rotatable bonds is 4. The Balaban J connectivity index is 1.71. The third-order valence-corrected chi connectivity index (χ3v) is 3.82. The number of anilines is 1. The summed E-state index contributed by atoms with van der Waals surface area (Å²) in [7, 11) is 0. The molecule has 3 rings (SSSR count). The first kappa shape index (κ1) is 18.3. The summed E-state index contributed by atoms with van der Waals surface area (Å²) in [4.78, 5) is 32.4. The minimum atomic E-state index is -0.808. The lowest BCUT2D eigenvalue weighted by molar-refractivity contribution is -0.230. The minimum Gasteiger partial charge on any atom is -0.353 e. The zero-order valence-electron chi connectivity index (χ0n) is 15.1. The normalized spacial score (nSPS) is 15.9. The Bertz CT molecular complexity index is 785. The Kier molecular flexibility index (Phi) is 5.24. The van der Waals surface area contributed by atoms with Gasteiger partial charge in [0.1, 0.15) is 11.5 Å². The third kappa shape index (κ3) is 4.39. The first-order valence-electron chi connectivity index (χ1n) is 8.50. The lowest BCUT2D eigenvalue weighted by Crippen LogP contribution is -2.49. The first-order chi connectivity index (χ1) is 12.3. The van der Waals surface area contributed by atoms with Crippen molar-refractivity contribution in [3.05, 3.63) is 47.9 Å². The number of carbonyl (C=O) groups is 1. The van der Waals surface area contributed by atoms with Gasteiger partial charge in [-0.15, -0.1) is 0 Å². The van der Waals surface area contributed by atoms with Crippen LogP contribution < -0.4 is 4.90 Å². The predicted molar refractivity (Wildman–Crippen MR) is 94.3 cm³/mol. The van der Waals surface area contributed by atoms with Crippen molar-refractivity contribution in [1.82, 2.24) is 20.0 Å². The highest BCUT2D eigenvalue weighted by molar-refractivity contribution is 6.07. The number of aromatic nitrogens is 3. The number of hydrogen-bond acceptors (Lipinski definition) is 7. The molecule has 7 nitrogen and oxygen atoms in total. The molecule has 0 saturated carbocycles. The van der Waals surface area contributed by atoms with Crippen LogP contribution in [-0.4, -0.2) is 57.6 Å². The topological polar surface area (TPSA) is 71.5 Å². The van der Waals surface area contributed by atoms with E-state index in [9.17, 15) is 9.18 Å². The molecule has 1 saturated heterocycles. The quantitative estimate of drug-likeness (QED) is 0.611. The van der Waals surface area contributed by atoms with E-state index in [0.717, 1.165) is 0 Å². The average molecular weight is 359 g/mol. The summed E-state index contributed by atoms with van der Waals surface area (Å²) in [5.74, 6) is -0.743. The maximum atomic E-state index is 13.7. The zero-order chi connectivity index (χ0) is 18.7. The van der Waals surface area contributed by atoms with Gasteiger partial charge < -0.3 is 4.90 Å². The van der Waals surface area contributed by atoms with Gasteiger partial charge in [0, 0.05) is 32.4 Å². The molecule has 0 N–H and O–H groups in total. The molecule has 1 aliphatic heterocycles. The number of hydrogen-bond donors (Lipinski definition) is 0. The van der Waals surface area contributed by atoms with Gasteiger partial charge in [-0.25, -0.2) is 9.97 Å². The highest BCUT2D eigenvalue weighted by atomic mass is 19.1. The van der Waals surface area contributed by atoms with Crippen LogP contribution in [0.5, 0.6) is 0 Å². The van der Waals surface area contributed by atoms with Crippen LogP contribution in [0.3, 0.4) is 0 Å². The Labute approximate surface area is 151 Å². The van der Waals surface area contributed by atoms with Crippen LogP contribution >= 0.6 is 0 Å². The van der Waals surface area contributed by atoms with Crippen molar-refractivity contribution >= 4 is 11.6 Å². The van der Waals surface area contributed by atoms with Crippen LogP contribution in [-0.2, 0) is 4.84 Å². The first-order valence-corrected chi connectivity index (χ1v) is 8.50. The van der Waals surface area contributed by atoms with Crippen molar-refractivity contribution in [2.75, 3.05) is 31.1 Å². The Hall–Kier alpha value is -2.45. The lowest BCUT2D eigenvalue weighted by atomic mass is 10.1. The number of nitrogens with zero attached hydrogens (tertiary/aromatic N) is 5. The largest absolute Gasteiger partial charge is 0.353 e. The van der Waals surface area contributed by atoms with Crippen molar-refractivity contribution in [2.24, 2.45) is 0 Å². The molecule has 1 aliphatic rings. The average Bonchev–Trinajstić information content (AvgIpc) is 2.61. The second kappa shape index (κ2) is 7.43. The molecule has 1 fully saturated rings. The summed E-state index contributed by atoms with van der Waals surface area (Å²) in [6, 6.07) is 2.91. The van der Waals surface area contributed by atoms with Gasteiger partial charge in [-0.3, -0.25) is 14.6 Å². The molecule has 0 radical (unpaired) electrons. The van der Waals surface area contributed by atoms with Crippen molar-refractivity contribution in [3.63, 3.8) is 0 Å². The van der Waals surface area contributed by atoms with Gasteiger partial charge in [-0.1, -0.05) is 0 Å². The molecule has 0 bridgehead atoms. The van der Waals surface area contributed by atoms with E-state index in [4.69, 9.17) is 4.84 Å². The smallest absolute Gasteiger partial charge is 0.224 e. The highest BCUT2D eigenvalue weighted by Gasteiger charge is 2.24. The summed E-state index contributed by atoms with van der Waals surface area (Å²) in [6.07, 6.45) is 4.25. The van der Waals surface area contributed by atoms with E-state index in [1.165, 1.54) is 24.5 Å². The summed E-state index contributed by atoms with van der Waals surface area (Å²) >= 11 is 0. The van der Waals surface area contributed by atoms with E-state index in [1.54, 1.807) is 6.20 Å². The fourth-order valence-corrected chi connectivity index (χ4v) is 2.71. The molecule has 0 aromatic carbocycles.